The summed E-state index contributed by atoms with van der Waals surface area (Å²) in [6, 6.07) is 14.3. The molecule has 0 atom stereocenters. The van der Waals surface area contributed by atoms with Gasteiger partial charge in [0.05, 0.1) is 0 Å². The number of benzene rings is 2. The third-order valence-electron chi connectivity index (χ3n) is 2.66. The number of ether oxygens (including phenoxy) is 1. The third kappa shape index (κ3) is 4.27. The van der Waals surface area contributed by atoms with Crippen LogP contribution in [0.4, 0.5) is 0 Å². The molecule has 0 spiro atoms. The molecule has 18 heavy (non-hydrogen) atoms. The minimum absolute atomic E-state index is 0. The van der Waals surface area contributed by atoms with Gasteiger partial charge in [-0.1, -0.05) is 46.3 Å². The summed E-state index contributed by atoms with van der Waals surface area (Å²) < 4.78 is 6.94. The molecule has 0 heterocycles. The Morgan fingerprint density at radius 3 is 2.11 bits per heavy atom. The van der Waals surface area contributed by atoms with Crippen molar-refractivity contribution in [3.8, 4) is 5.75 Å². The maximum absolute atomic E-state index is 5.79. The zero-order valence-electron chi connectivity index (χ0n) is 10.4. The molecule has 0 unspecified atom stereocenters. The summed E-state index contributed by atoms with van der Waals surface area (Å²) in [5.74, 6) is 0.923. The molecule has 0 amide bonds. The quantitative estimate of drug-likeness (QED) is 0.796. The first-order valence-corrected chi connectivity index (χ1v) is 6.39. The minimum atomic E-state index is 0. The van der Waals surface area contributed by atoms with Gasteiger partial charge in [-0.2, -0.15) is 0 Å². The first-order valence-electron chi connectivity index (χ1n) is 5.60. The molecule has 0 bridgehead atoms. The molecule has 0 saturated carbocycles. The van der Waals surface area contributed by atoms with Crippen LogP contribution in [0.15, 0.2) is 46.9 Å². The Hall–Kier alpha value is -0.0203. The van der Waals surface area contributed by atoms with E-state index in [9.17, 15) is 0 Å². The van der Waals surface area contributed by atoms with Crippen LogP contribution in [-0.2, 0) is 6.61 Å². The van der Waals surface area contributed by atoms with Crippen molar-refractivity contribution < 1.29 is 42.5 Å². The van der Waals surface area contributed by atoms with Gasteiger partial charge in [-0.25, -0.2) is 0 Å². The van der Waals surface area contributed by atoms with E-state index < -0.39 is 0 Å². The van der Waals surface area contributed by atoms with E-state index in [-0.39, 0.29) is 37.7 Å². The normalized spacial score (nSPS) is 9.72. The zero-order valence-corrected chi connectivity index (χ0v) is 12.7. The van der Waals surface area contributed by atoms with Crippen LogP contribution in [0.25, 0.3) is 0 Å². The summed E-state index contributed by atoms with van der Waals surface area (Å²) in [6.07, 6.45) is 0. The van der Waals surface area contributed by atoms with Crippen LogP contribution >= 0.6 is 15.9 Å². The number of rotatable bonds is 3. The van der Waals surface area contributed by atoms with E-state index in [0.29, 0.717) is 6.61 Å². The van der Waals surface area contributed by atoms with E-state index in [2.05, 4.69) is 54.0 Å². The van der Waals surface area contributed by atoms with Crippen LogP contribution in [0, 0.1) is 51.6 Å². The van der Waals surface area contributed by atoms with Gasteiger partial charge >= 0.3 is 0 Å². The minimum Gasteiger partial charge on any atom is -0.489 e. The second-order valence-electron chi connectivity index (χ2n) is 4.15. The molecular formula is C15H15ArBrO. The van der Waals surface area contributed by atoms with Gasteiger partial charge in [-0.3, -0.25) is 0 Å². The molecule has 0 radical (unpaired) electrons. The molecule has 96 valence electrons. The Morgan fingerprint density at radius 2 is 1.56 bits per heavy atom. The molecule has 2 aromatic rings. The van der Waals surface area contributed by atoms with Crippen molar-refractivity contribution in [2.24, 2.45) is 0 Å². The molecule has 2 aromatic carbocycles. The Kier molecular flexibility index (Phi) is 6.72. The van der Waals surface area contributed by atoms with E-state index in [1.807, 2.05) is 18.2 Å². The Bertz CT molecular complexity index is 488. The van der Waals surface area contributed by atoms with Gasteiger partial charge in [0.15, 0.2) is 0 Å². The van der Waals surface area contributed by atoms with Gasteiger partial charge < -0.3 is 4.74 Å². The number of aryl methyl sites for hydroxylation is 2. The monoisotopic (exact) mass is 330 g/mol. The standard InChI is InChI=1S/C15H15BrO.Ar/c1-11-8-14(9-12(2)15(11)16)17-10-13-6-4-3-5-7-13;/h3-9H,10H2,1-2H3;. The summed E-state index contributed by atoms with van der Waals surface area (Å²) in [7, 11) is 0. The van der Waals surface area contributed by atoms with Crippen LogP contribution in [0.3, 0.4) is 0 Å². The molecule has 0 aliphatic heterocycles. The third-order valence-corrected chi connectivity index (χ3v) is 3.91. The first-order chi connectivity index (χ1) is 8.16. The van der Waals surface area contributed by atoms with Crippen molar-refractivity contribution in [1.82, 2.24) is 0 Å². The Morgan fingerprint density at radius 1 is 1.00 bits per heavy atom. The van der Waals surface area contributed by atoms with Crippen LogP contribution in [0.1, 0.15) is 16.7 Å². The molecule has 3 heteroatoms. The van der Waals surface area contributed by atoms with Crippen LogP contribution in [0.5, 0.6) is 5.75 Å². The Balaban J connectivity index is 0.00000162. The van der Waals surface area contributed by atoms with E-state index in [1.165, 1.54) is 16.7 Å². The maximum atomic E-state index is 5.79. The molecule has 2 rings (SSSR count). The van der Waals surface area contributed by atoms with Gasteiger partial charge in [0.2, 0.25) is 0 Å². The zero-order chi connectivity index (χ0) is 12.3. The van der Waals surface area contributed by atoms with Crippen molar-refractivity contribution in [2.75, 3.05) is 0 Å². The average Bonchev–Trinajstić information content (AvgIpc) is 2.34. The molecule has 0 aromatic heterocycles. The fourth-order valence-electron chi connectivity index (χ4n) is 1.73. The molecular weight excluding hydrogens is 316 g/mol. The van der Waals surface area contributed by atoms with Crippen molar-refractivity contribution in [3.05, 3.63) is 63.6 Å². The fraction of sp³-hybridized carbons (Fsp3) is 0.200. The smallest absolute Gasteiger partial charge is 0.120 e. The van der Waals surface area contributed by atoms with Crippen molar-refractivity contribution in [3.63, 3.8) is 0 Å². The fourth-order valence-corrected chi connectivity index (χ4v) is 1.96. The van der Waals surface area contributed by atoms with Crippen molar-refractivity contribution >= 4 is 15.9 Å². The van der Waals surface area contributed by atoms with Crippen molar-refractivity contribution in [2.45, 2.75) is 20.5 Å². The summed E-state index contributed by atoms with van der Waals surface area (Å²) in [5.41, 5.74) is 3.59. The molecule has 0 saturated heterocycles. The van der Waals surface area contributed by atoms with Crippen LogP contribution < -0.4 is 4.74 Å². The van der Waals surface area contributed by atoms with Crippen LogP contribution in [0.2, 0.25) is 0 Å². The van der Waals surface area contributed by atoms with Crippen molar-refractivity contribution in [1.29, 1.82) is 0 Å². The van der Waals surface area contributed by atoms with E-state index in [1.54, 1.807) is 0 Å². The number of hydrogen-bond donors (Lipinski definition) is 0. The van der Waals surface area contributed by atoms with Gasteiger partial charge in [0.1, 0.15) is 12.4 Å². The molecule has 0 N–H and O–H groups in total. The maximum Gasteiger partial charge on any atom is 0.120 e. The summed E-state index contributed by atoms with van der Waals surface area (Å²) in [6.45, 7) is 4.76. The predicted octanol–water partition coefficient (Wildman–Crippen LogP) is 4.64. The largest absolute Gasteiger partial charge is 0.489 e. The topological polar surface area (TPSA) is 9.23 Å². The second kappa shape index (κ2) is 7.54. The Labute approximate surface area is 147 Å². The summed E-state index contributed by atoms with van der Waals surface area (Å²) in [5, 5.41) is 0. The van der Waals surface area contributed by atoms with E-state index in [0.717, 1.165) is 10.2 Å². The summed E-state index contributed by atoms with van der Waals surface area (Å²) in [4.78, 5) is 0. The van der Waals surface area contributed by atoms with Gasteiger partial charge in [0.25, 0.3) is 0 Å². The number of hydrogen-bond acceptors (Lipinski definition) is 1. The van der Waals surface area contributed by atoms with E-state index >= 15 is 0 Å². The molecule has 1 nitrogen and oxygen atoms in total. The summed E-state index contributed by atoms with van der Waals surface area (Å²) >= 11 is 3.55. The predicted molar refractivity (Wildman–Crippen MR) is 74.4 cm³/mol. The van der Waals surface area contributed by atoms with Crippen LogP contribution in [-0.4, -0.2) is 0 Å². The number of halogens is 1. The molecule has 0 fully saturated rings. The average molecular weight is 331 g/mol. The second-order valence-corrected chi connectivity index (χ2v) is 4.94. The first kappa shape index (κ1) is 16.0. The van der Waals surface area contributed by atoms with Gasteiger partial charge in [0, 0.05) is 42.2 Å². The van der Waals surface area contributed by atoms with Gasteiger partial charge in [-0.05, 0) is 42.7 Å². The van der Waals surface area contributed by atoms with Gasteiger partial charge in [-0.15, -0.1) is 0 Å². The SMILES string of the molecule is Cc1cc(OCc2ccccc2)cc(C)c1Br.[Ar]. The molecule has 0 aliphatic rings. The molecule has 0 aliphatic carbocycles. The van der Waals surface area contributed by atoms with E-state index in [4.69, 9.17) is 4.74 Å².